The van der Waals surface area contributed by atoms with Crippen molar-refractivity contribution in [2.75, 3.05) is 17.8 Å². The quantitative estimate of drug-likeness (QED) is 0.739. The fourth-order valence-corrected chi connectivity index (χ4v) is 3.07. The van der Waals surface area contributed by atoms with E-state index in [0.29, 0.717) is 11.4 Å². The molecule has 1 heterocycles. The number of pyridine rings is 1. The van der Waals surface area contributed by atoms with Gasteiger partial charge >= 0.3 is 0 Å². The first-order chi connectivity index (χ1) is 7.03. The molecule has 0 N–H and O–H groups in total. The molecule has 0 aliphatic heterocycles. The van der Waals surface area contributed by atoms with Gasteiger partial charge in [-0.1, -0.05) is 0 Å². The van der Waals surface area contributed by atoms with Crippen LogP contribution in [0.5, 0.6) is 0 Å². The standard InChI is InChI=1S/C9H10N2O2S2/c1-15(12,13)6-5-14-9-3-2-4-11-8(9)7-10/h2-4H,5-6H2,1H3. The van der Waals surface area contributed by atoms with Gasteiger partial charge in [0, 0.05) is 23.1 Å². The third-order valence-corrected chi connectivity index (χ3v) is 3.84. The van der Waals surface area contributed by atoms with Crippen LogP contribution in [0.2, 0.25) is 0 Å². The van der Waals surface area contributed by atoms with Gasteiger partial charge in [0.25, 0.3) is 0 Å². The Hall–Kier alpha value is -1.06. The molecule has 0 saturated heterocycles. The van der Waals surface area contributed by atoms with Crippen LogP contribution in [0.15, 0.2) is 23.2 Å². The number of aromatic nitrogens is 1. The van der Waals surface area contributed by atoms with Crippen LogP contribution >= 0.6 is 11.8 Å². The van der Waals surface area contributed by atoms with Gasteiger partial charge < -0.3 is 0 Å². The van der Waals surface area contributed by atoms with Gasteiger partial charge in [0.1, 0.15) is 15.9 Å². The van der Waals surface area contributed by atoms with E-state index < -0.39 is 9.84 Å². The normalized spacial score (nSPS) is 10.9. The summed E-state index contributed by atoms with van der Waals surface area (Å²) < 4.78 is 21.8. The maximum atomic E-state index is 10.9. The van der Waals surface area contributed by atoms with Crippen molar-refractivity contribution in [3.8, 4) is 6.07 Å². The molecule has 6 heteroatoms. The second-order valence-corrected chi connectivity index (χ2v) is 6.34. The second-order valence-electron chi connectivity index (χ2n) is 2.94. The van der Waals surface area contributed by atoms with Crippen LogP contribution in [-0.4, -0.2) is 31.2 Å². The van der Waals surface area contributed by atoms with Crippen LogP contribution in [0.3, 0.4) is 0 Å². The Morgan fingerprint density at radius 2 is 2.33 bits per heavy atom. The Kier molecular flexibility index (Phi) is 4.12. The van der Waals surface area contributed by atoms with Crippen molar-refractivity contribution in [3.05, 3.63) is 24.0 Å². The van der Waals surface area contributed by atoms with Gasteiger partial charge in [0.15, 0.2) is 5.69 Å². The summed E-state index contributed by atoms with van der Waals surface area (Å²) in [7, 11) is -2.94. The Morgan fingerprint density at radius 1 is 1.60 bits per heavy atom. The number of hydrogen-bond donors (Lipinski definition) is 0. The molecule has 0 amide bonds. The van der Waals surface area contributed by atoms with Crippen molar-refractivity contribution in [1.29, 1.82) is 5.26 Å². The molecular formula is C9H10N2O2S2. The lowest BCUT2D eigenvalue weighted by Gasteiger charge is -2.01. The first kappa shape index (κ1) is 12.0. The van der Waals surface area contributed by atoms with Gasteiger partial charge in [0.2, 0.25) is 0 Å². The highest BCUT2D eigenvalue weighted by Gasteiger charge is 2.06. The first-order valence-corrected chi connectivity index (χ1v) is 7.23. The molecule has 0 unspecified atom stereocenters. The van der Waals surface area contributed by atoms with E-state index in [9.17, 15) is 8.42 Å². The lowest BCUT2D eigenvalue weighted by atomic mass is 10.4. The molecule has 0 aliphatic carbocycles. The molecule has 0 fully saturated rings. The zero-order chi connectivity index (χ0) is 11.3. The fraction of sp³-hybridized carbons (Fsp3) is 0.333. The van der Waals surface area contributed by atoms with E-state index in [1.54, 1.807) is 18.3 Å². The SMILES string of the molecule is CS(=O)(=O)CCSc1cccnc1C#N. The Morgan fingerprint density at radius 3 is 2.93 bits per heavy atom. The molecule has 0 aromatic carbocycles. The number of nitriles is 1. The largest absolute Gasteiger partial charge is 0.244 e. The summed E-state index contributed by atoms with van der Waals surface area (Å²) in [6.45, 7) is 0. The molecule has 0 radical (unpaired) electrons. The minimum atomic E-state index is -2.94. The van der Waals surface area contributed by atoms with Crippen molar-refractivity contribution in [2.45, 2.75) is 4.90 Å². The third-order valence-electron chi connectivity index (χ3n) is 1.59. The van der Waals surface area contributed by atoms with Crippen LogP contribution in [0, 0.1) is 11.3 Å². The van der Waals surface area contributed by atoms with Crippen molar-refractivity contribution in [3.63, 3.8) is 0 Å². The van der Waals surface area contributed by atoms with Gasteiger partial charge in [-0.05, 0) is 12.1 Å². The van der Waals surface area contributed by atoms with E-state index in [1.165, 1.54) is 18.0 Å². The summed E-state index contributed by atoms with van der Waals surface area (Å²) in [5.41, 5.74) is 0.344. The topological polar surface area (TPSA) is 70.8 Å². The zero-order valence-corrected chi connectivity index (χ0v) is 9.81. The van der Waals surface area contributed by atoms with E-state index in [0.717, 1.165) is 4.90 Å². The van der Waals surface area contributed by atoms with E-state index in [4.69, 9.17) is 5.26 Å². The second kappa shape index (κ2) is 5.14. The average Bonchev–Trinajstić information content (AvgIpc) is 2.16. The van der Waals surface area contributed by atoms with Crippen molar-refractivity contribution < 1.29 is 8.42 Å². The Bertz CT molecular complexity index is 477. The van der Waals surface area contributed by atoms with Gasteiger partial charge in [-0.25, -0.2) is 13.4 Å². The molecular weight excluding hydrogens is 232 g/mol. The Balaban J connectivity index is 2.63. The highest BCUT2D eigenvalue weighted by Crippen LogP contribution is 2.20. The fourth-order valence-electron chi connectivity index (χ4n) is 0.894. The molecule has 1 rings (SSSR count). The zero-order valence-electron chi connectivity index (χ0n) is 8.17. The lowest BCUT2D eigenvalue weighted by Crippen LogP contribution is -2.05. The summed E-state index contributed by atoms with van der Waals surface area (Å²) in [5, 5.41) is 8.73. The van der Waals surface area contributed by atoms with Crippen LogP contribution < -0.4 is 0 Å². The van der Waals surface area contributed by atoms with Crippen molar-refractivity contribution in [2.24, 2.45) is 0 Å². The minimum Gasteiger partial charge on any atom is -0.244 e. The molecule has 0 spiro atoms. The van der Waals surface area contributed by atoms with E-state index in [2.05, 4.69) is 4.98 Å². The molecule has 0 saturated carbocycles. The molecule has 0 atom stereocenters. The summed E-state index contributed by atoms with van der Waals surface area (Å²) >= 11 is 1.33. The van der Waals surface area contributed by atoms with E-state index >= 15 is 0 Å². The summed E-state index contributed by atoms with van der Waals surface area (Å²) in [5.74, 6) is 0.552. The maximum Gasteiger partial charge on any atom is 0.153 e. The highest BCUT2D eigenvalue weighted by molar-refractivity contribution is 8.00. The van der Waals surface area contributed by atoms with Gasteiger partial charge in [-0.15, -0.1) is 11.8 Å². The predicted octanol–water partition coefficient (Wildman–Crippen LogP) is 1.09. The number of hydrogen-bond acceptors (Lipinski definition) is 5. The van der Waals surface area contributed by atoms with E-state index in [-0.39, 0.29) is 5.75 Å². The smallest absolute Gasteiger partial charge is 0.153 e. The predicted molar refractivity (Wildman–Crippen MR) is 59.4 cm³/mol. The minimum absolute atomic E-state index is 0.109. The first-order valence-electron chi connectivity index (χ1n) is 4.18. The molecule has 4 nitrogen and oxygen atoms in total. The third kappa shape index (κ3) is 4.32. The highest BCUT2D eigenvalue weighted by atomic mass is 32.2. The molecule has 0 bridgehead atoms. The molecule has 80 valence electrons. The summed E-state index contributed by atoms with van der Waals surface area (Å²) in [6, 6.07) is 5.45. The Labute approximate surface area is 93.3 Å². The van der Waals surface area contributed by atoms with Gasteiger partial charge in [0.05, 0.1) is 5.75 Å². The lowest BCUT2D eigenvalue weighted by molar-refractivity contribution is 0.603. The molecule has 1 aromatic rings. The van der Waals surface area contributed by atoms with Crippen LogP contribution in [-0.2, 0) is 9.84 Å². The molecule has 1 aromatic heterocycles. The monoisotopic (exact) mass is 242 g/mol. The maximum absolute atomic E-state index is 10.9. The van der Waals surface area contributed by atoms with Gasteiger partial charge in [-0.3, -0.25) is 0 Å². The van der Waals surface area contributed by atoms with Crippen molar-refractivity contribution in [1.82, 2.24) is 4.98 Å². The summed E-state index contributed by atoms with van der Waals surface area (Å²) in [6.07, 6.45) is 2.74. The molecule has 15 heavy (non-hydrogen) atoms. The number of thioether (sulfide) groups is 1. The van der Waals surface area contributed by atoms with Crippen LogP contribution in [0.1, 0.15) is 5.69 Å². The molecule has 0 aliphatic rings. The number of sulfone groups is 1. The van der Waals surface area contributed by atoms with Gasteiger partial charge in [-0.2, -0.15) is 5.26 Å². The average molecular weight is 242 g/mol. The number of rotatable bonds is 4. The number of nitrogens with zero attached hydrogens (tertiary/aromatic N) is 2. The van der Waals surface area contributed by atoms with Crippen LogP contribution in [0.25, 0.3) is 0 Å². The summed E-state index contributed by atoms with van der Waals surface area (Å²) in [4.78, 5) is 4.61. The van der Waals surface area contributed by atoms with Crippen LogP contribution in [0.4, 0.5) is 0 Å². The van der Waals surface area contributed by atoms with Crippen molar-refractivity contribution >= 4 is 21.6 Å². The van der Waals surface area contributed by atoms with E-state index in [1.807, 2.05) is 6.07 Å².